The Hall–Kier alpha value is -0.160. The second-order valence-electron chi connectivity index (χ2n) is 5.33. The largest absolute Gasteiger partial charge is 0.396 e. The molecule has 17 heavy (non-hydrogen) atoms. The van der Waals surface area contributed by atoms with E-state index in [1.807, 2.05) is 6.92 Å². The predicted octanol–water partition coefficient (Wildman–Crippen LogP) is 1.37. The van der Waals surface area contributed by atoms with E-state index >= 15 is 0 Å². The summed E-state index contributed by atoms with van der Waals surface area (Å²) in [7, 11) is 0. The molecule has 2 aliphatic rings. The molecule has 4 nitrogen and oxygen atoms in total. The van der Waals surface area contributed by atoms with Crippen molar-refractivity contribution in [1.29, 1.82) is 0 Å². The van der Waals surface area contributed by atoms with Crippen molar-refractivity contribution < 1.29 is 14.6 Å². The molecule has 2 heterocycles. The lowest BCUT2D eigenvalue weighted by atomic mass is 10.1. The number of ether oxygens (including phenoxy) is 2. The first kappa shape index (κ1) is 13.3. The lowest BCUT2D eigenvalue weighted by Gasteiger charge is -2.31. The lowest BCUT2D eigenvalue weighted by Crippen LogP contribution is -2.38. The minimum absolute atomic E-state index is 0.0708. The van der Waals surface area contributed by atoms with Gasteiger partial charge in [-0.3, -0.25) is 0 Å². The molecule has 0 aromatic rings. The van der Waals surface area contributed by atoms with Crippen LogP contribution in [-0.2, 0) is 9.47 Å². The molecule has 0 aromatic heterocycles. The van der Waals surface area contributed by atoms with Gasteiger partial charge in [0.1, 0.15) is 0 Å². The van der Waals surface area contributed by atoms with Gasteiger partial charge >= 0.3 is 0 Å². The molecule has 2 rings (SSSR count). The molecule has 0 spiro atoms. The van der Waals surface area contributed by atoms with Gasteiger partial charge in [-0.25, -0.2) is 0 Å². The third kappa shape index (κ3) is 3.19. The van der Waals surface area contributed by atoms with Crippen molar-refractivity contribution in [3.05, 3.63) is 0 Å². The van der Waals surface area contributed by atoms with Gasteiger partial charge in [-0.05, 0) is 39.3 Å². The quantitative estimate of drug-likeness (QED) is 0.792. The maximum Gasteiger partial charge on any atom is 0.167 e. The van der Waals surface area contributed by atoms with Crippen LogP contribution in [0.1, 0.15) is 39.5 Å². The van der Waals surface area contributed by atoms with Gasteiger partial charge in [0.25, 0.3) is 0 Å². The molecule has 0 aromatic carbocycles. The maximum atomic E-state index is 8.92. The van der Waals surface area contributed by atoms with Crippen molar-refractivity contribution in [2.45, 2.75) is 57.5 Å². The number of aliphatic hydroxyl groups is 1. The molecule has 0 saturated carbocycles. The number of likely N-dealkylation sites (tertiary alicyclic amines) is 1. The molecule has 2 fully saturated rings. The number of rotatable bonds is 5. The van der Waals surface area contributed by atoms with Gasteiger partial charge in [-0.2, -0.15) is 0 Å². The molecule has 0 amide bonds. The van der Waals surface area contributed by atoms with Crippen LogP contribution in [0.4, 0.5) is 0 Å². The number of nitrogens with zero attached hydrogens (tertiary/aromatic N) is 1. The summed E-state index contributed by atoms with van der Waals surface area (Å²) in [6, 6.07) is 0.595. The van der Waals surface area contributed by atoms with Gasteiger partial charge < -0.3 is 19.5 Å². The summed E-state index contributed by atoms with van der Waals surface area (Å²) in [5.74, 6) is -0.442. The smallest absolute Gasteiger partial charge is 0.167 e. The van der Waals surface area contributed by atoms with E-state index in [2.05, 4.69) is 11.8 Å². The Morgan fingerprint density at radius 2 is 2.29 bits per heavy atom. The van der Waals surface area contributed by atoms with E-state index in [1.165, 1.54) is 19.4 Å². The Kier molecular flexibility index (Phi) is 4.42. The van der Waals surface area contributed by atoms with Crippen molar-refractivity contribution in [2.24, 2.45) is 0 Å². The summed E-state index contributed by atoms with van der Waals surface area (Å²) in [5, 5.41) is 8.92. The van der Waals surface area contributed by atoms with Crippen LogP contribution in [0.2, 0.25) is 0 Å². The van der Waals surface area contributed by atoms with E-state index in [0.717, 1.165) is 13.0 Å². The minimum atomic E-state index is -0.442. The summed E-state index contributed by atoms with van der Waals surface area (Å²) in [5.41, 5.74) is 0. The van der Waals surface area contributed by atoms with Crippen LogP contribution in [-0.4, -0.2) is 54.2 Å². The summed E-state index contributed by atoms with van der Waals surface area (Å²) in [4.78, 5) is 2.51. The average Bonchev–Trinajstić information content (AvgIpc) is 2.87. The first-order valence-electron chi connectivity index (χ1n) is 6.83. The van der Waals surface area contributed by atoms with Crippen LogP contribution in [0.15, 0.2) is 0 Å². The lowest BCUT2D eigenvalue weighted by molar-refractivity contribution is -0.167. The Bertz CT molecular complexity index is 249. The number of aliphatic hydroxyl groups excluding tert-OH is 1. The Morgan fingerprint density at radius 3 is 3.00 bits per heavy atom. The third-order valence-electron chi connectivity index (χ3n) is 3.95. The predicted molar refractivity (Wildman–Crippen MR) is 65.8 cm³/mol. The fraction of sp³-hybridized carbons (Fsp3) is 1.00. The number of hydrogen-bond donors (Lipinski definition) is 1. The zero-order valence-electron chi connectivity index (χ0n) is 11.0. The van der Waals surface area contributed by atoms with Gasteiger partial charge in [0, 0.05) is 19.1 Å². The fourth-order valence-corrected chi connectivity index (χ4v) is 3.05. The molecule has 3 unspecified atom stereocenters. The number of hydrogen-bond acceptors (Lipinski definition) is 4. The molecule has 0 aliphatic carbocycles. The summed E-state index contributed by atoms with van der Waals surface area (Å²) < 4.78 is 11.7. The zero-order chi connectivity index (χ0) is 12.3. The van der Waals surface area contributed by atoms with Crippen LogP contribution in [0.25, 0.3) is 0 Å². The van der Waals surface area contributed by atoms with E-state index in [4.69, 9.17) is 14.6 Å². The summed E-state index contributed by atoms with van der Waals surface area (Å²) in [6.07, 6.45) is 4.23. The van der Waals surface area contributed by atoms with Crippen LogP contribution in [0.3, 0.4) is 0 Å². The maximum absolute atomic E-state index is 8.92. The highest BCUT2D eigenvalue weighted by Gasteiger charge is 2.40. The molecule has 2 aliphatic heterocycles. The SMILES string of the molecule is CCN1CCCC1CC1(C)OCC(CCO)O1. The topological polar surface area (TPSA) is 41.9 Å². The van der Waals surface area contributed by atoms with E-state index in [1.54, 1.807) is 0 Å². The van der Waals surface area contributed by atoms with Gasteiger partial charge in [-0.15, -0.1) is 0 Å². The van der Waals surface area contributed by atoms with Gasteiger partial charge in [-0.1, -0.05) is 6.92 Å². The molecular weight excluding hydrogens is 218 g/mol. The molecule has 1 N–H and O–H groups in total. The zero-order valence-corrected chi connectivity index (χ0v) is 11.0. The summed E-state index contributed by atoms with van der Waals surface area (Å²) in [6.45, 7) is 7.37. The van der Waals surface area contributed by atoms with Crippen molar-refractivity contribution in [1.82, 2.24) is 4.90 Å². The third-order valence-corrected chi connectivity index (χ3v) is 3.95. The Labute approximate surface area is 104 Å². The summed E-state index contributed by atoms with van der Waals surface area (Å²) >= 11 is 0. The normalized spacial score (nSPS) is 39.0. The second-order valence-corrected chi connectivity index (χ2v) is 5.33. The molecule has 3 atom stereocenters. The first-order chi connectivity index (χ1) is 8.17. The van der Waals surface area contributed by atoms with Crippen molar-refractivity contribution in [2.75, 3.05) is 26.3 Å². The van der Waals surface area contributed by atoms with Crippen molar-refractivity contribution in [3.63, 3.8) is 0 Å². The van der Waals surface area contributed by atoms with Crippen LogP contribution in [0, 0.1) is 0 Å². The van der Waals surface area contributed by atoms with Crippen molar-refractivity contribution >= 4 is 0 Å². The molecular formula is C13H25NO3. The van der Waals surface area contributed by atoms with Crippen LogP contribution in [0.5, 0.6) is 0 Å². The highest BCUT2D eigenvalue weighted by molar-refractivity contribution is 4.85. The van der Waals surface area contributed by atoms with Gasteiger partial charge in [0.15, 0.2) is 5.79 Å². The van der Waals surface area contributed by atoms with Gasteiger partial charge in [0.2, 0.25) is 0 Å². The molecule has 0 radical (unpaired) electrons. The molecule has 4 heteroatoms. The fourth-order valence-electron chi connectivity index (χ4n) is 3.05. The average molecular weight is 243 g/mol. The Balaban J connectivity index is 1.85. The van der Waals surface area contributed by atoms with E-state index in [0.29, 0.717) is 19.1 Å². The molecule has 2 saturated heterocycles. The monoisotopic (exact) mass is 243 g/mol. The molecule has 100 valence electrons. The Morgan fingerprint density at radius 1 is 1.47 bits per heavy atom. The van der Waals surface area contributed by atoms with E-state index in [9.17, 15) is 0 Å². The molecule has 0 bridgehead atoms. The highest BCUT2D eigenvalue weighted by Crippen LogP contribution is 2.33. The van der Waals surface area contributed by atoms with E-state index in [-0.39, 0.29) is 12.7 Å². The minimum Gasteiger partial charge on any atom is -0.396 e. The van der Waals surface area contributed by atoms with Gasteiger partial charge in [0.05, 0.1) is 12.7 Å². The second kappa shape index (κ2) is 5.65. The first-order valence-corrected chi connectivity index (χ1v) is 6.83. The highest BCUT2D eigenvalue weighted by atomic mass is 16.7. The van der Waals surface area contributed by atoms with E-state index < -0.39 is 5.79 Å². The van der Waals surface area contributed by atoms with Crippen LogP contribution >= 0.6 is 0 Å². The van der Waals surface area contributed by atoms with Crippen molar-refractivity contribution in [3.8, 4) is 0 Å². The standard InChI is InChI=1S/C13H25NO3/c1-3-14-7-4-5-11(14)9-13(2)16-10-12(17-13)6-8-15/h11-12,15H,3-10H2,1-2H3. The van der Waals surface area contributed by atoms with Crippen LogP contribution < -0.4 is 0 Å².